The largest absolute Gasteiger partial charge is 0.493 e. The van der Waals surface area contributed by atoms with Gasteiger partial charge in [0.25, 0.3) is 0 Å². The van der Waals surface area contributed by atoms with E-state index in [0.29, 0.717) is 24.6 Å². The fourth-order valence-corrected chi connectivity index (χ4v) is 4.66. The number of aromatic nitrogens is 2. The quantitative estimate of drug-likeness (QED) is 0.519. The normalized spacial score (nSPS) is 16.8. The van der Waals surface area contributed by atoms with E-state index in [1.807, 2.05) is 67.9 Å². The Balaban J connectivity index is 1.63. The van der Waals surface area contributed by atoms with Crippen LogP contribution in [0.25, 0.3) is 11.4 Å². The number of imidazole rings is 1. The van der Waals surface area contributed by atoms with Crippen molar-refractivity contribution in [1.82, 2.24) is 25.1 Å². The van der Waals surface area contributed by atoms with E-state index in [1.54, 1.807) is 19.4 Å². The van der Waals surface area contributed by atoms with Crippen molar-refractivity contribution in [2.24, 2.45) is 5.92 Å². The molecule has 1 atom stereocenters. The molecule has 0 fully saturated rings. The molecule has 3 amide bonds. The van der Waals surface area contributed by atoms with Crippen molar-refractivity contribution in [1.29, 1.82) is 0 Å². The van der Waals surface area contributed by atoms with E-state index in [9.17, 15) is 14.4 Å². The number of carbonyl (C=O) groups is 3. The Kier molecular flexibility index (Phi) is 9.42. The summed E-state index contributed by atoms with van der Waals surface area (Å²) in [6.07, 6.45) is 3.70. The summed E-state index contributed by atoms with van der Waals surface area (Å²) in [6, 6.07) is 12.5. The second kappa shape index (κ2) is 13.1. The molecule has 212 valence electrons. The summed E-state index contributed by atoms with van der Waals surface area (Å²) in [5.41, 5.74) is 2.71. The molecule has 0 spiro atoms. The Hall–Kier alpha value is -4.34. The molecule has 3 aromatic rings. The standard InChI is InChI=1S/C30H37N5O5/c1-20(2)28-30(38)32-12-14-34-13-11-31-29(34)23-9-10-24(39-4)25(17-23)40-16-15-35(19-26(36)33-28)27(37)18-22-8-6-5-7-21(22)3/h5-11,13,17,20,28H,12,14-16,18-19H2,1-4H3,(H,32,38)(H,33,36)/t28-/m1/s1. The lowest BCUT2D eigenvalue weighted by Crippen LogP contribution is -2.53. The van der Waals surface area contributed by atoms with E-state index in [4.69, 9.17) is 9.47 Å². The number of hydrogen-bond acceptors (Lipinski definition) is 6. The van der Waals surface area contributed by atoms with Gasteiger partial charge in [-0.15, -0.1) is 0 Å². The first-order valence-electron chi connectivity index (χ1n) is 13.5. The van der Waals surface area contributed by atoms with Crippen LogP contribution >= 0.6 is 0 Å². The molecule has 1 aromatic heterocycles. The minimum atomic E-state index is -0.741. The summed E-state index contributed by atoms with van der Waals surface area (Å²) >= 11 is 0. The third kappa shape index (κ3) is 6.99. The maximum Gasteiger partial charge on any atom is 0.242 e. The summed E-state index contributed by atoms with van der Waals surface area (Å²) < 4.78 is 13.5. The van der Waals surface area contributed by atoms with Crippen molar-refractivity contribution in [3.8, 4) is 22.9 Å². The fraction of sp³-hybridized carbons (Fsp3) is 0.400. The Labute approximate surface area is 234 Å². The highest BCUT2D eigenvalue weighted by molar-refractivity contribution is 5.90. The molecular weight excluding hydrogens is 510 g/mol. The highest BCUT2D eigenvalue weighted by Gasteiger charge is 2.26. The SMILES string of the molecule is COc1ccc2cc1OCCN(C(=O)Cc1ccccc1C)CC(=O)N[C@H](C(C)C)C(=O)NCCn1ccnc1-2. The predicted molar refractivity (Wildman–Crippen MR) is 151 cm³/mol. The van der Waals surface area contributed by atoms with Crippen molar-refractivity contribution in [3.63, 3.8) is 0 Å². The first-order chi connectivity index (χ1) is 19.3. The van der Waals surface area contributed by atoms with Crippen LogP contribution in [-0.2, 0) is 27.3 Å². The van der Waals surface area contributed by atoms with Crippen LogP contribution in [0.4, 0.5) is 0 Å². The molecule has 0 unspecified atom stereocenters. The number of hydrogen-bond donors (Lipinski definition) is 2. The maximum absolute atomic E-state index is 13.4. The van der Waals surface area contributed by atoms with E-state index in [0.717, 1.165) is 22.5 Å². The topological polar surface area (TPSA) is 115 Å². The molecular formula is C30H37N5O5. The van der Waals surface area contributed by atoms with Crippen LogP contribution in [0.2, 0.25) is 0 Å². The molecule has 4 rings (SSSR count). The molecule has 40 heavy (non-hydrogen) atoms. The lowest BCUT2D eigenvalue weighted by Gasteiger charge is -2.26. The van der Waals surface area contributed by atoms with E-state index < -0.39 is 11.9 Å². The number of nitrogens with zero attached hydrogens (tertiary/aromatic N) is 3. The summed E-state index contributed by atoms with van der Waals surface area (Å²) in [4.78, 5) is 45.6. The lowest BCUT2D eigenvalue weighted by molar-refractivity contribution is -0.137. The molecule has 0 radical (unpaired) electrons. The molecule has 2 aromatic carbocycles. The third-order valence-corrected chi connectivity index (χ3v) is 6.96. The zero-order chi connectivity index (χ0) is 28.6. The number of nitrogens with one attached hydrogen (secondary N) is 2. The van der Waals surface area contributed by atoms with Crippen LogP contribution in [-0.4, -0.2) is 71.6 Å². The van der Waals surface area contributed by atoms with Gasteiger partial charge in [0, 0.05) is 31.0 Å². The molecule has 0 aliphatic carbocycles. The van der Waals surface area contributed by atoms with Crippen LogP contribution in [0.15, 0.2) is 54.9 Å². The Bertz CT molecular complexity index is 1350. The van der Waals surface area contributed by atoms with Crippen molar-refractivity contribution in [2.45, 2.75) is 39.8 Å². The zero-order valence-corrected chi connectivity index (χ0v) is 23.5. The molecule has 1 aliphatic rings. The summed E-state index contributed by atoms with van der Waals surface area (Å²) in [5.74, 6) is 0.720. The third-order valence-electron chi connectivity index (χ3n) is 6.96. The first-order valence-corrected chi connectivity index (χ1v) is 13.5. The number of aryl methyl sites for hydroxylation is 1. The van der Waals surface area contributed by atoms with Gasteiger partial charge in [-0.2, -0.15) is 0 Å². The maximum atomic E-state index is 13.4. The lowest BCUT2D eigenvalue weighted by atomic mass is 10.0. The van der Waals surface area contributed by atoms with Gasteiger partial charge in [0.15, 0.2) is 11.5 Å². The van der Waals surface area contributed by atoms with Gasteiger partial charge in [0.2, 0.25) is 17.7 Å². The number of amides is 3. The molecule has 2 N–H and O–H groups in total. The van der Waals surface area contributed by atoms with Crippen molar-refractivity contribution < 1.29 is 23.9 Å². The molecule has 0 saturated carbocycles. The number of benzene rings is 2. The number of rotatable bonds is 4. The van der Waals surface area contributed by atoms with E-state index in [2.05, 4.69) is 15.6 Å². The van der Waals surface area contributed by atoms with Crippen molar-refractivity contribution >= 4 is 17.7 Å². The molecule has 1 aliphatic heterocycles. The molecule has 10 nitrogen and oxygen atoms in total. The van der Waals surface area contributed by atoms with Gasteiger partial charge in [-0.1, -0.05) is 38.1 Å². The molecule has 10 heteroatoms. The van der Waals surface area contributed by atoms with Crippen molar-refractivity contribution in [3.05, 3.63) is 66.0 Å². The minimum Gasteiger partial charge on any atom is -0.493 e. The van der Waals surface area contributed by atoms with E-state index in [1.165, 1.54) is 4.90 Å². The van der Waals surface area contributed by atoms with Crippen molar-refractivity contribution in [2.75, 3.05) is 33.4 Å². The monoisotopic (exact) mass is 547 g/mol. The highest BCUT2D eigenvalue weighted by atomic mass is 16.5. The summed E-state index contributed by atoms with van der Waals surface area (Å²) in [5, 5.41) is 5.76. The van der Waals surface area contributed by atoms with Gasteiger partial charge in [-0.05, 0) is 42.2 Å². The Morgan fingerprint density at radius 1 is 1.18 bits per heavy atom. The average Bonchev–Trinajstić information content (AvgIpc) is 3.40. The predicted octanol–water partition coefficient (Wildman–Crippen LogP) is 2.59. The number of fused-ring (bicyclic) bond motifs is 4. The molecule has 0 saturated heterocycles. The second-order valence-corrected chi connectivity index (χ2v) is 10.2. The van der Waals surface area contributed by atoms with E-state index in [-0.39, 0.29) is 43.8 Å². The fourth-order valence-electron chi connectivity index (χ4n) is 4.66. The minimum absolute atomic E-state index is 0.134. The first kappa shape index (κ1) is 28.7. The van der Waals surface area contributed by atoms with Gasteiger partial charge in [0.1, 0.15) is 18.5 Å². The van der Waals surface area contributed by atoms with Gasteiger partial charge in [-0.25, -0.2) is 4.98 Å². The van der Waals surface area contributed by atoms with Crippen LogP contribution in [0.1, 0.15) is 25.0 Å². The summed E-state index contributed by atoms with van der Waals surface area (Å²) in [7, 11) is 1.56. The van der Waals surface area contributed by atoms with Crippen LogP contribution in [0.3, 0.4) is 0 Å². The van der Waals surface area contributed by atoms with Gasteiger partial charge in [0.05, 0.1) is 26.6 Å². The van der Waals surface area contributed by atoms with E-state index >= 15 is 0 Å². The molecule has 2 heterocycles. The van der Waals surface area contributed by atoms with Crippen LogP contribution in [0, 0.1) is 12.8 Å². The summed E-state index contributed by atoms with van der Waals surface area (Å²) in [6.45, 7) is 6.63. The number of ether oxygens (including phenoxy) is 2. The Morgan fingerprint density at radius 3 is 2.73 bits per heavy atom. The highest BCUT2D eigenvalue weighted by Crippen LogP contribution is 2.32. The molecule has 2 bridgehead atoms. The van der Waals surface area contributed by atoms with Gasteiger partial charge in [-0.3, -0.25) is 14.4 Å². The Morgan fingerprint density at radius 2 is 1.98 bits per heavy atom. The average molecular weight is 548 g/mol. The number of carbonyl (C=O) groups excluding carboxylic acids is 3. The van der Waals surface area contributed by atoms with Crippen LogP contribution < -0.4 is 20.1 Å². The van der Waals surface area contributed by atoms with Gasteiger partial charge >= 0.3 is 0 Å². The van der Waals surface area contributed by atoms with Gasteiger partial charge < -0.3 is 29.6 Å². The zero-order valence-electron chi connectivity index (χ0n) is 23.5. The number of methoxy groups -OCH3 is 1. The second-order valence-electron chi connectivity index (χ2n) is 10.2. The smallest absolute Gasteiger partial charge is 0.242 e. The van der Waals surface area contributed by atoms with Crippen LogP contribution in [0.5, 0.6) is 11.5 Å².